The smallest absolute Gasteiger partial charge is 0.416 e. The van der Waals surface area contributed by atoms with E-state index in [9.17, 15) is 37.1 Å². The summed E-state index contributed by atoms with van der Waals surface area (Å²) in [6.45, 7) is 10.4. The number of alkyl halides is 3. The van der Waals surface area contributed by atoms with Crippen LogP contribution in [0.4, 0.5) is 23.4 Å². The lowest BCUT2D eigenvalue weighted by Crippen LogP contribution is -2.55. The van der Waals surface area contributed by atoms with E-state index in [2.05, 4.69) is 11.9 Å². The minimum Gasteiger partial charge on any atom is -0.457 e. The Morgan fingerprint density at radius 3 is 2.27 bits per heavy atom. The highest BCUT2D eigenvalue weighted by molar-refractivity contribution is 6.05. The summed E-state index contributed by atoms with van der Waals surface area (Å²) in [5, 5.41) is 19.0. The van der Waals surface area contributed by atoms with Crippen LogP contribution in [0.1, 0.15) is 72.5 Å². The van der Waals surface area contributed by atoms with E-state index < -0.39 is 59.0 Å². The Kier molecular flexibility index (Phi) is 9.51. The van der Waals surface area contributed by atoms with Crippen LogP contribution < -0.4 is 10.2 Å². The van der Waals surface area contributed by atoms with E-state index in [1.54, 1.807) is 58.0 Å². The molecule has 1 aromatic heterocycles. The van der Waals surface area contributed by atoms with E-state index in [1.807, 2.05) is 0 Å². The maximum absolute atomic E-state index is 14.4. The molecular weight excluding hydrogens is 644 g/mol. The number of nitrogens with zero attached hydrogens (tertiary/aromatic N) is 3. The number of ether oxygens (including phenoxy) is 1. The number of hydrogen-bond acceptors (Lipinski definition) is 6. The van der Waals surface area contributed by atoms with Gasteiger partial charge in [0, 0.05) is 23.6 Å². The minimum absolute atomic E-state index is 0.0406. The molecule has 256 valence electrons. The van der Waals surface area contributed by atoms with Crippen molar-refractivity contribution in [3.63, 3.8) is 0 Å². The number of carbonyl (C=O) groups excluding carboxylic acids is 3. The number of likely N-dealkylation sites (N-methyl/N-ethyl adjacent to an activating group) is 1. The first-order chi connectivity index (χ1) is 23.0. The Hall–Kier alpha value is -5.30. The summed E-state index contributed by atoms with van der Waals surface area (Å²) in [6.07, 6.45) is -6.50. The van der Waals surface area contributed by atoms with E-state index in [0.29, 0.717) is 17.3 Å². The molecule has 0 radical (unpaired) electrons. The van der Waals surface area contributed by atoms with Gasteiger partial charge < -0.3 is 15.2 Å². The first-order valence-corrected chi connectivity index (χ1v) is 15.3. The van der Waals surface area contributed by atoms with Gasteiger partial charge in [-0.2, -0.15) is 18.3 Å². The summed E-state index contributed by atoms with van der Waals surface area (Å²) in [5.41, 5.74) is -1.82. The van der Waals surface area contributed by atoms with Crippen molar-refractivity contribution in [2.75, 3.05) is 11.4 Å². The summed E-state index contributed by atoms with van der Waals surface area (Å²) < 4.78 is 61.6. The third-order valence-electron chi connectivity index (χ3n) is 7.89. The number of hydrogen-bond donors (Lipinski definition) is 2. The van der Waals surface area contributed by atoms with Crippen molar-refractivity contribution < 1.29 is 41.8 Å². The fourth-order valence-corrected chi connectivity index (χ4v) is 5.69. The minimum atomic E-state index is -4.73. The maximum Gasteiger partial charge on any atom is 0.416 e. The average Bonchev–Trinajstić information content (AvgIpc) is 3.44. The molecule has 49 heavy (non-hydrogen) atoms. The van der Waals surface area contributed by atoms with Gasteiger partial charge in [0.15, 0.2) is 0 Å². The van der Waals surface area contributed by atoms with Gasteiger partial charge in [0.05, 0.1) is 16.8 Å². The molecule has 0 saturated heterocycles. The van der Waals surface area contributed by atoms with Crippen molar-refractivity contribution in [1.29, 1.82) is 0 Å². The number of aliphatic hydroxyl groups is 1. The number of aliphatic hydroxyl groups excluding tert-OH is 1. The zero-order chi connectivity index (χ0) is 35.8. The van der Waals surface area contributed by atoms with Gasteiger partial charge in [-0.15, -0.1) is 0 Å². The van der Waals surface area contributed by atoms with Crippen LogP contribution in [-0.4, -0.2) is 50.9 Å². The molecule has 0 spiro atoms. The third kappa shape index (κ3) is 7.12. The molecule has 3 atom stereocenters. The van der Waals surface area contributed by atoms with Gasteiger partial charge in [0.25, 0.3) is 11.8 Å². The van der Waals surface area contributed by atoms with E-state index in [4.69, 9.17) is 9.84 Å². The van der Waals surface area contributed by atoms with E-state index in [1.165, 1.54) is 27.8 Å². The number of esters is 1. The van der Waals surface area contributed by atoms with Crippen molar-refractivity contribution in [3.05, 3.63) is 125 Å². The van der Waals surface area contributed by atoms with Crippen LogP contribution in [0.5, 0.6) is 0 Å². The predicted octanol–water partition coefficient (Wildman–Crippen LogP) is 6.26. The molecule has 9 nitrogen and oxygen atoms in total. The summed E-state index contributed by atoms with van der Waals surface area (Å²) in [6, 6.07) is 16.0. The van der Waals surface area contributed by atoms with Crippen LogP contribution in [0.25, 0.3) is 5.69 Å². The topological polar surface area (TPSA) is 114 Å². The van der Waals surface area contributed by atoms with Gasteiger partial charge >= 0.3 is 12.1 Å². The Bertz CT molecular complexity index is 1900. The Labute approximate surface area is 279 Å². The van der Waals surface area contributed by atoms with Gasteiger partial charge in [-0.1, -0.05) is 43.0 Å². The summed E-state index contributed by atoms with van der Waals surface area (Å²) >= 11 is 0. The number of halogens is 4. The van der Waals surface area contributed by atoms with Gasteiger partial charge in [-0.25, -0.2) is 13.9 Å². The molecule has 0 saturated carbocycles. The highest BCUT2D eigenvalue weighted by Gasteiger charge is 2.48. The van der Waals surface area contributed by atoms with E-state index >= 15 is 0 Å². The highest BCUT2D eigenvalue weighted by atomic mass is 19.4. The lowest BCUT2D eigenvalue weighted by atomic mass is 9.79. The quantitative estimate of drug-likeness (QED) is 0.129. The molecule has 0 bridgehead atoms. The van der Waals surface area contributed by atoms with Crippen molar-refractivity contribution in [2.45, 2.75) is 57.5 Å². The molecule has 2 heterocycles. The first-order valence-electron chi connectivity index (χ1n) is 15.3. The second-order valence-electron chi connectivity index (χ2n) is 12.4. The Balaban J connectivity index is 1.74. The number of para-hydroxylation sites is 1. The molecule has 2 amide bonds. The molecule has 0 aliphatic carbocycles. The number of nitrogens with one attached hydrogen (secondary N) is 1. The first kappa shape index (κ1) is 35.0. The SMILES string of the molecule is C=C(C(=O)OC(C)(C)C)[C@@H](O)c1nn(-c2ccccc2)c2c1[C@@H](c1ccc(F)cc1)[C@@H](NC(=O)c1cccc(C(F)(F)F)c1)C(=O)N2CC. The van der Waals surface area contributed by atoms with Crippen LogP contribution in [0, 0.1) is 5.82 Å². The molecule has 1 aliphatic rings. The van der Waals surface area contributed by atoms with E-state index in [-0.39, 0.29) is 34.8 Å². The van der Waals surface area contributed by atoms with Crippen molar-refractivity contribution in [3.8, 4) is 5.69 Å². The van der Waals surface area contributed by atoms with Crippen LogP contribution in [0.15, 0.2) is 91.0 Å². The lowest BCUT2D eigenvalue weighted by molar-refractivity contribution is -0.151. The molecule has 2 N–H and O–H groups in total. The maximum atomic E-state index is 14.4. The average molecular weight is 679 g/mol. The standard InChI is InChI=1S/C36H34F4N4O5/c1-6-43-32-27(28(42-44(32)25-13-8-7-9-14-25)30(45)20(2)34(48)49-35(3,4)5)26(21-15-17-24(37)18-16-21)29(33(43)47)41-31(46)22-11-10-12-23(19-22)36(38,39)40/h7-19,26,29-30,45H,2,6H2,1,3-5H3,(H,41,46)/t26-,29-,30-/m1/s1. The Morgan fingerprint density at radius 1 is 1.02 bits per heavy atom. The fraction of sp³-hybridized carbons (Fsp3) is 0.278. The molecular formula is C36H34F4N4O5. The predicted molar refractivity (Wildman–Crippen MR) is 172 cm³/mol. The number of aromatic nitrogens is 2. The van der Waals surface area contributed by atoms with Crippen molar-refractivity contribution in [2.24, 2.45) is 0 Å². The zero-order valence-corrected chi connectivity index (χ0v) is 27.1. The second kappa shape index (κ2) is 13.3. The fourth-order valence-electron chi connectivity index (χ4n) is 5.69. The van der Waals surface area contributed by atoms with Crippen molar-refractivity contribution in [1.82, 2.24) is 15.1 Å². The second-order valence-corrected chi connectivity index (χ2v) is 12.4. The molecule has 13 heteroatoms. The number of amides is 2. The summed E-state index contributed by atoms with van der Waals surface area (Å²) in [7, 11) is 0. The largest absolute Gasteiger partial charge is 0.457 e. The summed E-state index contributed by atoms with van der Waals surface area (Å²) in [4.78, 5) is 42.4. The number of anilines is 1. The third-order valence-corrected chi connectivity index (χ3v) is 7.89. The van der Waals surface area contributed by atoms with Gasteiger partial charge in [0.1, 0.15) is 35.1 Å². The van der Waals surface area contributed by atoms with Crippen LogP contribution >= 0.6 is 0 Å². The molecule has 1 aliphatic heterocycles. The molecule has 0 fully saturated rings. The number of benzene rings is 3. The highest BCUT2D eigenvalue weighted by Crippen LogP contribution is 2.46. The molecule has 4 aromatic rings. The monoisotopic (exact) mass is 678 g/mol. The van der Waals surface area contributed by atoms with Crippen LogP contribution in [0.2, 0.25) is 0 Å². The molecule has 5 rings (SSSR count). The van der Waals surface area contributed by atoms with Gasteiger partial charge in [-0.05, 0) is 75.7 Å². The van der Waals surface area contributed by atoms with Gasteiger partial charge in [0.2, 0.25) is 0 Å². The number of rotatable bonds is 8. The zero-order valence-electron chi connectivity index (χ0n) is 27.1. The number of carbonyl (C=O) groups is 3. The normalized spacial score (nSPS) is 16.9. The molecule has 3 aromatic carbocycles. The summed E-state index contributed by atoms with van der Waals surface area (Å²) in [5.74, 6) is -4.10. The van der Waals surface area contributed by atoms with Crippen LogP contribution in [0.3, 0.4) is 0 Å². The number of fused-ring (bicyclic) bond motifs is 1. The van der Waals surface area contributed by atoms with Crippen LogP contribution in [-0.2, 0) is 20.5 Å². The molecule has 0 unspecified atom stereocenters. The lowest BCUT2D eigenvalue weighted by Gasteiger charge is -2.38. The van der Waals surface area contributed by atoms with Crippen molar-refractivity contribution >= 4 is 23.6 Å². The Morgan fingerprint density at radius 2 is 1.67 bits per heavy atom. The van der Waals surface area contributed by atoms with Gasteiger partial charge in [-0.3, -0.25) is 14.5 Å². The van der Waals surface area contributed by atoms with E-state index in [0.717, 1.165) is 24.3 Å².